The number of rotatable bonds is 3. The van der Waals surface area contributed by atoms with Crippen molar-refractivity contribution in [3.63, 3.8) is 0 Å². The second-order valence-corrected chi connectivity index (χ2v) is 4.55. The van der Waals surface area contributed by atoms with E-state index in [2.05, 4.69) is 38.4 Å². The van der Waals surface area contributed by atoms with Crippen molar-refractivity contribution in [1.82, 2.24) is 5.48 Å². The SMILES string of the molecule is CONC1COc2c(C(C)C)ccc(C)c21. The highest BCUT2D eigenvalue weighted by Gasteiger charge is 2.28. The summed E-state index contributed by atoms with van der Waals surface area (Å²) in [5.74, 6) is 1.53. The van der Waals surface area contributed by atoms with Gasteiger partial charge in [0.25, 0.3) is 0 Å². The normalized spacial score (nSPS) is 18.7. The van der Waals surface area contributed by atoms with Gasteiger partial charge in [0.05, 0.1) is 13.2 Å². The Balaban J connectivity index is 2.45. The Morgan fingerprint density at radius 1 is 1.44 bits per heavy atom. The minimum atomic E-state index is 0.152. The lowest BCUT2D eigenvalue weighted by Crippen LogP contribution is -2.21. The number of fused-ring (bicyclic) bond motifs is 1. The van der Waals surface area contributed by atoms with E-state index in [0.29, 0.717) is 12.5 Å². The fraction of sp³-hybridized carbons (Fsp3) is 0.538. The third-order valence-corrected chi connectivity index (χ3v) is 3.07. The quantitative estimate of drug-likeness (QED) is 0.796. The van der Waals surface area contributed by atoms with Crippen molar-refractivity contribution in [2.24, 2.45) is 0 Å². The van der Waals surface area contributed by atoms with Crippen molar-refractivity contribution in [1.29, 1.82) is 0 Å². The minimum absolute atomic E-state index is 0.152. The number of benzene rings is 1. The van der Waals surface area contributed by atoms with Gasteiger partial charge in [-0.2, -0.15) is 5.48 Å². The van der Waals surface area contributed by atoms with E-state index in [-0.39, 0.29) is 6.04 Å². The highest BCUT2D eigenvalue weighted by Crippen LogP contribution is 2.40. The van der Waals surface area contributed by atoms with Gasteiger partial charge in [0.15, 0.2) is 0 Å². The molecule has 1 heterocycles. The molecule has 0 saturated heterocycles. The summed E-state index contributed by atoms with van der Waals surface area (Å²) >= 11 is 0. The van der Waals surface area contributed by atoms with E-state index in [1.165, 1.54) is 16.7 Å². The largest absolute Gasteiger partial charge is 0.491 e. The number of hydrogen-bond donors (Lipinski definition) is 1. The van der Waals surface area contributed by atoms with Gasteiger partial charge in [-0.3, -0.25) is 0 Å². The van der Waals surface area contributed by atoms with Gasteiger partial charge in [0.2, 0.25) is 0 Å². The minimum Gasteiger partial charge on any atom is -0.491 e. The molecule has 1 aliphatic heterocycles. The van der Waals surface area contributed by atoms with Crippen LogP contribution in [-0.4, -0.2) is 13.7 Å². The third-order valence-electron chi connectivity index (χ3n) is 3.07. The summed E-state index contributed by atoms with van der Waals surface area (Å²) < 4.78 is 5.79. The van der Waals surface area contributed by atoms with Gasteiger partial charge in [-0.15, -0.1) is 0 Å². The number of ether oxygens (including phenoxy) is 1. The lowest BCUT2D eigenvalue weighted by atomic mass is 9.94. The molecule has 88 valence electrons. The summed E-state index contributed by atoms with van der Waals surface area (Å²) in [6.07, 6.45) is 0. The van der Waals surface area contributed by atoms with Crippen LogP contribution < -0.4 is 10.2 Å². The van der Waals surface area contributed by atoms with E-state index in [0.717, 1.165) is 5.75 Å². The Kier molecular flexibility index (Phi) is 3.17. The van der Waals surface area contributed by atoms with Gasteiger partial charge >= 0.3 is 0 Å². The van der Waals surface area contributed by atoms with Gasteiger partial charge in [-0.05, 0) is 24.0 Å². The number of aryl methyl sites for hydroxylation is 1. The van der Waals surface area contributed by atoms with Gasteiger partial charge < -0.3 is 9.57 Å². The predicted molar refractivity (Wildman–Crippen MR) is 63.6 cm³/mol. The molecular weight excluding hydrogens is 202 g/mol. The first kappa shape index (κ1) is 11.4. The van der Waals surface area contributed by atoms with Crippen LogP contribution >= 0.6 is 0 Å². The number of nitrogens with one attached hydrogen (secondary N) is 1. The fourth-order valence-corrected chi connectivity index (χ4v) is 2.25. The highest BCUT2D eigenvalue weighted by molar-refractivity contribution is 5.51. The van der Waals surface area contributed by atoms with E-state index in [9.17, 15) is 0 Å². The molecule has 0 aliphatic carbocycles. The van der Waals surface area contributed by atoms with Crippen LogP contribution in [0.5, 0.6) is 5.75 Å². The Hall–Kier alpha value is -1.06. The van der Waals surface area contributed by atoms with Crippen LogP contribution in [0.25, 0.3) is 0 Å². The molecule has 3 nitrogen and oxygen atoms in total. The Morgan fingerprint density at radius 2 is 2.19 bits per heavy atom. The second-order valence-electron chi connectivity index (χ2n) is 4.55. The van der Waals surface area contributed by atoms with E-state index < -0.39 is 0 Å². The van der Waals surface area contributed by atoms with Gasteiger partial charge in [-0.1, -0.05) is 26.0 Å². The first-order chi connectivity index (χ1) is 7.65. The lowest BCUT2D eigenvalue weighted by Gasteiger charge is -2.14. The molecule has 0 radical (unpaired) electrons. The monoisotopic (exact) mass is 221 g/mol. The second kappa shape index (κ2) is 4.44. The summed E-state index contributed by atoms with van der Waals surface area (Å²) in [4.78, 5) is 5.01. The van der Waals surface area contributed by atoms with E-state index >= 15 is 0 Å². The average molecular weight is 221 g/mol. The van der Waals surface area contributed by atoms with Crippen LogP contribution in [0.4, 0.5) is 0 Å². The van der Waals surface area contributed by atoms with Crippen molar-refractivity contribution in [3.8, 4) is 5.75 Å². The molecule has 1 N–H and O–H groups in total. The molecule has 0 fully saturated rings. The van der Waals surface area contributed by atoms with Crippen LogP contribution in [0.15, 0.2) is 12.1 Å². The Labute approximate surface area is 96.7 Å². The maximum absolute atomic E-state index is 5.79. The Morgan fingerprint density at radius 3 is 2.81 bits per heavy atom. The smallest absolute Gasteiger partial charge is 0.128 e. The van der Waals surface area contributed by atoms with Crippen LogP contribution in [0.2, 0.25) is 0 Å². The molecule has 0 bridgehead atoms. The molecule has 1 unspecified atom stereocenters. The summed E-state index contributed by atoms with van der Waals surface area (Å²) in [6, 6.07) is 4.47. The number of hydrogen-bond acceptors (Lipinski definition) is 3. The van der Waals surface area contributed by atoms with Gasteiger partial charge in [0.1, 0.15) is 12.4 Å². The molecule has 0 spiro atoms. The van der Waals surface area contributed by atoms with Crippen molar-refractivity contribution in [2.45, 2.75) is 32.7 Å². The van der Waals surface area contributed by atoms with E-state index in [1.807, 2.05) is 0 Å². The van der Waals surface area contributed by atoms with Crippen molar-refractivity contribution >= 4 is 0 Å². The van der Waals surface area contributed by atoms with Crippen LogP contribution in [0, 0.1) is 6.92 Å². The summed E-state index contributed by atoms with van der Waals surface area (Å²) in [5, 5.41) is 0. The zero-order valence-electron chi connectivity index (χ0n) is 10.3. The van der Waals surface area contributed by atoms with E-state index in [4.69, 9.17) is 9.57 Å². The first-order valence-corrected chi connectivity index (χ1v) is 5.69. The first-order valence-electron chi connectivity index (χ1n) is 5.69. The predicted octanol–water partition coefficient (Wildman–Crippen LogP) is 2.70. The number of hydroxylamine groups is 1. The molecule has 3 heteroatoms. The molecular formula is C13H19NO2. The van der Waals surface area contributed by atoms with Crippen LogP contribution in [0.1, 0.15) is 42.5 Å². The summed E-state index contributed by atoms with van der Waals surface area (Å²) in [6.45, 7) is 7.13. The van der Waals surface area contributed by atoms with Gasteiger partial charge in [-0.25, -0.2) is 0 Å². The van der Waals surface area contributed by atoms with Crippen molar-refractivity contribution < 1.29 is 9.57 Å². The molecule has 2 rings (SSSR count). The fourth-order valence-electron chi connectivity index (χ4n) is 2.25. The molecule has 1 atom stereocenters. The standard InChI is InChI=1S/C13H19NO2/c1-8(2)10-6-5-9(3)12-11(14-15-4)7-16-13(10)12/h5-6,8,11,14H,7H2,1-4H3. The third kappa shape index (κ3) is 1.81. The molecule has 16 heavy (non-hydrogen) atoms. The van der Waals surface area contributed by atoms with Crippen molar-refractivity contribution in [3.05, 3.63) is 28.8 Å². The molecule has 0 saturated carbocycles. The molecule has 1 aliphatic rings. The maximum atomic E-state index is 5.79. The lowest BCUT2D eigenvalue weighted by molar-refractivity contribution is 0.0534. The summed E-state index contributed by atoms with van der Waals surface area (Å²) in [5.41, 5.74) is 6.76. The van der Waals surface area contributed by atoms with Gasteiger partial charge in [0, 0.05) is 5.56 Å². The highest BCUT2D eigenvalue weighted by atomic mass is 16.6. The van der Waals surface area contributed by atoms with E-state index in [1.54, 1.807) is 7.11 Å². The van der Waals surface area contributed by atoms with Crippen molar-refractivity contribution in [2.75, 3.05) is 13.7 Å². The zero-order valence-corrected chi connectivity index (χ0v) is 10.3. The molecule has 0 aromatic heterocycles. The Bertz CT molecular complexity index is 388. The maximum Gasteiger partial charge on any atom is 0.128 e. The zero-order chi connectivity index (χ0) is 11.7. The topological polar surface area (TPSA) is 30.5 Å². The van der Waals surface area contributed by atoms with Crippen LogP contribution in [-0.2, 0) is 4.84 Å². The summed E-state index contributed by atoms with van der Waals surface area (Å²) in [7, 11) is 1.64. The molecule has 1 aromatic rings. The molecule has 0 amide bonds. The molecule has 1 aromatic carbocycles. The average Bonchev–Trinajstić information content (AvgIpc) is 2.63. The van der Waals surface area contributed by atoms with Crippen LogP contribution in [0.3, 0.4) is 0 Å².